The van der Waals surface area contributed by atoms with Crippen molar-refractivity contribution in [3.63, 3.8) is 0 Å². The van der Waals surface area contributed by atoms with E-state index in [2.05, 4.69) is 0 Å². The molecule has 0 saturated heterocycles. The van der Waals surface area contributed by atoms with E-state index in [-0.39, 0.29) is 34.1 Å². The number of phenolic OH excluding ortho intramolecular Hbond substituents is 2. The maximum atomic E-state index is 12.5. The molecule has 0 atom stereocenters. The van der Waals surface area contributed by atoms with Gasteiger partial charge in [0.1, 0.15) is 34.2 Å². The smallest absolute Gasteiger partial charge is 0.344 e. The zero-order valence-corrected chi connectivity index (χ0v) is 24.3. The molecule has 0 aromatic heterocycles. The highest BCUT2D eigenvalue weighted by molar-refractivity contribution is 5.87. The third-order valence-electron chi connectivity index (χ3n) is 5.55. The summed E-state index contributed by atoms with van der Waals surface area (Å²) in [6, 6.07) is 11.7. The molecular weight excluding hydrogens is 544 g/mol. The van der Waals surface area contributed by atoms with Crippen LogP contribution in [0.15, 0.2) is 48.5 Å². The summed E-state index contributed by atoms with van der Waals surface area (Å²) in [5.74, 6) is -1.50. The third-order valence-corrected chi connectivity index (χ3v) is 5.55. The first-order valence-corrected chi connectivity index (χ1v) is 13.0. The normalized spacial score (nSPS) is 11.4. The van der Waals surface area contributed by atoms with Crippen molar-refractivity contribution in [1.29, 1.82) is 0 Å². The quantitative estimate of drug-likeness (QED) is 0.234. The van der Waals surface area contributed by atoms with Crippen molar-refractivity contribution in [2.24, 2.45) is 0 Å². The minimum Gasteiger partial charge on any atom is -0.507 e. The monoisotopic (exact) mass is 578 g/mol. The molecule has 3 aromatic rings. The van der Waals surface area contributed by atoms with Crippen molar-refractivity contribution in [2.75, 3.05) is 13.2 Å². The Bertz CT molecular complexity index is 1380. The first kappa shape index (κ1) is 31.7. The van der Waals surface area contributed by atoms with E-state index in [9.17, 15) is 29.4 Å². The lowest BCUT2D eigenvalue weighted by molar-refractivity contribution is -0.158. The average Bonchev–Trinajstić information content (AvgIpc) is 2.88. The number of benzene rings is 3. The molecule has 0 spiro atoms. The highest BCUT2D eigenvalue weighted by atomic mass is 16.6. The van der Waals surface area contributed by atoms with E-state index < -0.39 is 36.4 Å². The van der Waals surface area contributed by atoms with E-state index in [1.807, 2.05) is 0 Å². The number of rotatable bonds is 10. The fourth-order valence-electron chi connectivity index (χ4n) is 3.89. The highest BCUT2D eigenvalue weighted by Gasteiger charge is 2.22. The summed E-state index contributed by atoms with van der Waals surface area (Å²) in [5, 5.41) is 20.7. The van der Waals surface area contributed by atoms with Crippen LogP contribution in [-0.2, 0) is 19.1 Å². The lowest BCUT2D eigenvalue weighted by Gasteiger charge is -2.22. The van der Waals surface area contributed by atoms with Gasteiger partial charge >= 0.3 is 11.9 Å². The molecule has 0 radical (unpaired) electrons. The topological polar surface area (TPSA) is 146 Å². The second kappa shape index (κ2) is 12.8. The second-order valence-corrected chi connectivity index (χ2v) is 11.4. The Hall–Kier alpha value is -4.86. The van der Waals surface area contributed by atoms with Gasteiger partial charge in [-0.15, -0.1) is 0 Å². The van der Waals surface area contributed by atoms with Crippen LogP contribution >= 0.6 is 0 Å². The zero-order chi connectivity index (χ0) is 31.2. The maximum absolute atomic E-state index is 12.5. The Balaban J connectivity index is 2.18. The van der Waals surface area contributed by atoms with Gasteiger partial charge in [0.05, 0.1) is 11.1 Å². The summed E-state index contributed by atoms with van der Waals surface area (Å²) in [7, 11) is 0. The van der Waals surface area contributed by atoms with E-state index in [4.69, 9.17) is 18.9 Å². The highest BCUT2D eigenvalue weighted by Crippen LogP contribution is 2.43. The van der Waals surface area contributed by atoms with Crippen molar-refractivity contribution in [3.8, 4) is 45.3 Å². The SMILES string of the molecule is CC(C)(C)OC(=O)COc1cc(-c2ccc(C=O)c(O)c2)c(OCC(=O)OC(C)(C)C)cc1-c1ccc(C=O)c(O)c1. The number of carbonyl (C=O) groups is 4. The van der Waals surface area contributed by atoms with Gasteiger partial charge in [-0.3, -0.25) is 9.59 Å². The van der Waals surface area contributed by atoms with Crippen LogP contribution in [0.25, 0.3) is 22.3 Å². The number of hydrogen-bond donors (Lipinski definition) is 2. The molecule has 10 heteroatoms. The Labute approximate surface area is 243 Å². The van der Waals surface area contributed by atoms with Gasteiger partial charge in [0.2, 0.25) is 0 Å². The number of esters is 2. The molecule has 10 nitrogen and oxygen atoms in total. The van der Waals surface area contributed by atoms with Gasteiger partial charge in [0.15, 0.2) is 25.8 Å². The molecule has 0 fully saturated rings. The third kappa shape index (κ3) is 8.57. The molecule has 3 rings (SSSR count). The van der Waals surface area contributed by atoms with E-state index in [1.54, 1.807) is 53.7 Å². The molecule has 3 aromatic carbocycles. The molecule has 0 aliphatic carbocycles. The maximum Gasteiger partial charge on any atom is 0.344 e. The summed E-state index contributed by atoms with van der Waals surface area (Å²) in [5.41, 5.74) is 0.156. The van der Waals surface area contributed by atoms with Crippen LogP contribution in [0.1, 0.15) is 62.3 Å². The van der Waals surface area contributed by atoms with Gasteiger partial charge in [-0.25, -0.2) is 9.59 Å². The van der Waals surface area contributed by atoms with Crippen LogP contribution in [0.4, 0.5) is 0 Å². The number of phenols is 2. The molecule has 0 heterocycles. The Morgan fingerprint density at radius 2 is 1.00 bits per heavy atom. The number of aromatic hydroxyl groups is 2. The van der Waals surface area contributed by atoms with Crippen LogP contribution in [0.5, 0.6) is 23.0 Å². The first-order chi connectivity index (χ1) is 19.6. The van der Waals surface area contributed by atoms with Gasteiger partial charge in [0, 0.05) is 11.1 Å². The van der Waals surface area contributed by atoms with Crippen LogP contribution in [0.3, 0.4) is 0 Å². The van der Waals surface area contributed by atoms with Crippen molar-refractivity contribution in [3.05, 3.63) is 59.7 Å². The Morgan fingerprint density at radius 3 is 1.29 bits per heavy atom. The van der Waals surface area contributed by atoms with Crippen LogP contribution in [0, 0.1) is 0 Å². The molecule has 222 valence electrons. The van der Waals surface area contributed by atoms with Gasteiger partial charge < -0.3 is 29.2 Å². The fraction of sp³-hybridized carbons (Fsp3) is 0.312. The molecule has 0 aliphatic rings. The molecule has 0 saturated carbocycles. The zero-order valence-electron chi connectivity index (χ0n) is 24.3. The number of aldehydes is 2. The number of ether oxygens (including phenoxy) is 4. The van der Waals surface area contributed by atoms with Crippen molar-refractivity contribution in [1.82, 2.24) is 0 Å². The number of carbonyl (C=O) groups excluding carboxylic acids is 4. The van der Waals surface area contributed by atoms with Gasteiger partial charge in [-0.1, -0.05) is 12.1 Å². The molecule has 0 unspecified atom stereocenters. The van der Waals surface area contributed by atoms with E-state index in [0.29, 0.717) is 34.8 Å². The average molecular weight is 579 g/mol. The predicted octanol–water partition coefficient (Wildman–Crippen LogP) is 5.50. The Kier molecular flexibility index (Phi) is 9.62. The van der Waals surface area contributed by atoms with Crippen molar-refractivity contribution >= 4 is 24.5 Å². The first-order valence-electron chi connectivity index (χ1n) is 13.0. The second-order valence-electron chi connectivity index (χ2n) is 11.4. The summed E-state index contributed by atoms with van der Waals surface area (Å²) >= 11 is 0. The van der Waals surface area contributed by atoms with Gasteiger partial charge in [0.25, 0.3) is 0 Å². The predicted molar refractivity (Wildman–Crippen MR) is 154 cm³/mol. The molecular formula is C32H34O10. The fourth-order valence-corrected chi connectivity index (χ4v) is 3.89. The Morgan fingerprint density at radius 1 is 0.643 bits per heavy atom. The standard InChI is InChI=1S/C32H34O10/c1-31(2,3)41-29(37)17-39-27-13-24(20-8-10-22(16-34)26(36)12-20)28(40-18-30(38)42-32(4,5)6)14-23(27)19-7-9-21(15-33)25(35)11-19/h7-16,35-36H,17-18H2,1-6H3. The molecule has 42 heavy (non-hydrogen) atoms. The van der Waals surface area contributed by atoms with Crippen molar-refractivity contribution in [2.45, 2.75) is 52.7 Å². The lowest BCUT2D eigenvalue weighted by Crippen LogP contribution is -2.27. The van der Waals surface area contributed by atoms with Crippen LogP contribution < -0.4 is 9.47 Å². The largest absolute Gasteiger partial charge is 0.507 e. The molecule has 0 amide bonds. The van der Waals surface area contributed by atoms with Gasteiger partial charge in [-0.05, 0) is 89.1 Å². The number of hydrogen-bond acceptors (Lipinski definition) is 10. The summed E-state index contributed by atoms with van der Waals surface area (Å²) in [6.07, 6.45) is 1.01. The summed E-state index contributed by atoms with van der Waals surface area (Å²) < 4.78 is 22.5. The minimum atomic E-state index is -0.748. The lowest BCUT2D eigenvalue weighted by atomic mass is 9.96. The molecule has 0 aliphatic heterocycles. The van der Waals surface area contributed by atoms with Crippen molar-refractivity contribution < 1.29 is 48.3 Å². The summed E-state index contributed by atoms with van der Waals surface area (Å²) in [4.78, 5) is 47.5. The molecule has 0 bridgehead atoms. The van der Waals surface area contributed by atoms with Crippen LogP contribution in [-0.4, -0.2) is 59.1 Å². The summed E-state index contributed by atoms with van der Waals surface area (Å²) in [6.45, 7) is 9.40. The minimum absolute atomic E-state index is 0.0683. The van der Waals surface area contributed by atoms with E-state index >= 15 is 0 Å². The van der Waals surface area contributed by atoms with Crippen LogP contribution in [0.2, 0.25) is 0 Å². The molecule has 2 N–H and O–H groups in total. The van der Waals surface area contributed by atoms with Gasteiger partial charge in [-0.2, -0.15) is 0 Å². The van der Waals surface area contributed by atoms with E-state index in [0.717, 1.165) is 0 Å². The van der Waals surface area contributed by atoms with E-state index in [1.165, 1.54) is 36.4 Å².